The first-order chi connectivity index (χ1) is 13.7. The van der Waals surface area contributed by atoms with Crippen molar-refractivity contribution in [1.29, 1.82) is 0 Å². The van der Waals surface area contributed by atoms with Gasteiger partial charge in [0.15, 0.2) is 0 Å². The minimum atomic E-state index is 0.227. The average Bonchev–Trinajstić information content (AvgIpc) is 2.68. The first-order valence-electron chi connectivity index (χ1n) is 13.2. The lowest BCUT2D eigenvalue weighted by Crippen LogP contribution is -2.05. The van der Waals surface area contributed by atoms with Gasteiger partial charge in [-0.2, -0.15) is 0 Å². The van der Waals surface area contributed by atoms with E-state index in [0.29, 0.717) is 5.78 Å². The molecule has 0 N–H and O–H groups in total. The molecule has 0 aromatic carbocycles. The Morgan fingerprint density at radius 3 is 0.964 bits per heavy atom. The van der Waals surface area contributed by atoms with Gasteiger partial charge in [0.25, 0.3) is 0 Å². The van der Waals surface area contributed by atoms with Gasteiger partial charge < -0.3 is 0 Å². The number of rotatable bonds is 23. The summed E-state index contributed by atoms with van der Waals surface area (Å²) in [7, 11) is 0. The monoisotopic (exact) mass is 394 g/mol. The van der Waals surface area contributed by atoms with Gasteiger partial charge in [-0.15, -0.1) is 0 Å². The Morgan fingerprint density at radius 2 is 0.714 bits per heavy atom. The maximum absolute atomic E-state index is 11.5. The third kappa shape index (κ3) is 22.0. The third-order valence-corrected chi connectivity index (χ3v) is 6.17. The quantitative estimate of drug-likeness (QED) is 0.158. The zero-order chi connectivity index (χ0) is 20.7. The number of Topliss-reactive ketones (excluding diaryl/α,β-unsaturated/α-hetero) is 1. The third-order valence-electron chi connectivity index (χ3n) is 6.17. The van der Waals surface area contributed by atoms with Crippen LogP contribution < -0.4 is 0 Å². The normalized spacial score (nSPS) is 11.4. The number of carbonyl (C=O) groups excluding carboxylic acids is 1. The highest BCUT2D eigenvalue weighted by Gasteiger charge is 2.05. The average molecular weight is 395 g/mol. The molecule has 0 aromatic rings. The van der Waals surface area contributed by atoms with E-state index in [4.69, 9.17) is 0 Å². The van der Waals surface area contributed by atoms with E-state index in [2.05, 4.69) is 6.92 Å². The van der Waals surface area contributed by atoms with Crippen LogP contribution in [0.25, 0.3) is 0 Å². The maximum atomic E-state index is 11.5. The van der Waals surface area contributed by atoms with Crippen molar-refractivity contribution < 1.29 is 4.79 Å². The minimum Gasteiger partial charge on any atom is -0.299 e. The Balaban J connectivity index is 3.04. The Morgan fingerprint density at radius 1 is 0.464 bits per heavy atom. The van der Waals surface area contributed by atoms with Gasteiger partial charge in [0.2, 0.25) is 0 Å². The molecule has 0 aliphatic rings. The molecule has 0 bridgehead atoms. The van der Waals surface area contributed by atoms with Gasteiger partial charge in [0, 0.05) is 12.3 Å². The van der Waals surface area contributed by atoms with E-state index in [-0.39, 0.29) is 5.92 Å². The summed E-state index contributed by atoms with van der Waals surface area (Å²) >= 11 is 0. The molecule has 0 aliphatic heterocycles. The summed E-state index contributed by atoms with van der Waals surface area (Å²) < 4.78 is 0. The molecule has 0 atom stereocenters. The molecular formula is C27H54O. The van der Waals surface area contributed by atoms with Crippen molar-refractivity contribution in [2.24, 2.45) is 5.92 Å². The first-order valence-corrected chi connectivity index (χ1v) is 13.2. The summed E-state index contributed by atoms with van der Waals surface area (Å²) in [5.41, 5.74) is 0. The van der Waals surface area contributed by atoms with E-state index in [1.165, 1.54) is 128 Å². The van der Waals surface area contributed by atoms with Crippen molar-refractivity contribution in [3.63, 3.8) is 0 Å². The van der Waals surface area contributed by atoms with Gasteiger partial charge in [-0.05, 0) is 6.42 Å². The highest BCUT2D eigenvalue weighted by Crippen LogP contribution is 2.15. The van der Waals surface area contributed by atoms with Crippen LogP contribution in [0, 0.1) is 5.92 Å². The van der Waals surface area contributed by atoms with E-state index in [9.17, 15) is 4.79 Å². The van der Waals surface area contributed by atoms with Crippen molar-refractivity contribution in [2.75, 3.05) is 0 Å². The van der Waals surface area contributed by atoms with Crippen LogP contribution in [0.3, 0.4) is 0 Å². The Labute approximate surface area is 178 Å². The molecule has 0 unspecified atom stereocenters. The molecule has 0 amide bonds. The second-order valence-corrected chi connectivity index (χ2v) is 9.44. The Hall–Kier alpha value is -0.330. The van der Waals surface area contributed by atoms with Gasteiger partial charge in [0.05, 0.1) is 0 Å². The predicted molar refractivity (Wildman–Crippen MR) is 127 cm³/mol. The molecule has 0 heterocycles. The Kier molecular flexibility index (Phi) is 22.7. The van der Waals surface area contributed by atoms with Crippen molar-refractivity contribution in [3.05, 3.63) is 0 Å². The van der Waals surface area contributed by atoms with Gasteiger partial charge in [-0.1, -0.05) is 149 Å². The summed E-state index contributed by atoms with van der Waals surface area (Å²) in [4.78, 5) is 11.5. The molecule has 0 aromatic heterocycles. The second-order valence-electron chi connectivity index (χ2n) is 9.44. The zero-order valence-corrected chi connectivity index (χ0v) is 20.0. The van der Waals surface area contributed by atoms with E-state index < -0.39 is 0 Å². The molecule has 0 spiro atoms. The molecular weight excluding hydrogens is 340 g/mol. The lowest BCUT2D eigenvalue weighted by atomic mass is 10.0. The molecule has 0 saturated heterocycles. The van der Waals surface area contributed by atoms with E-state index in [0.717, 1.165) is 12.8 Å². The summed E-state index contributed by atoms with van der Waals surface area (Å²) in [5, 5.41) is 0. The number of hydrogen-bond acceptors (Lipinski definition) is 1. The van der Waals surface area contributed by atoms with Crippen molar-refractivity contribution in [1.82, 2.24) is 0 Å². The molecule has 0 rings (SSSR count). The fourth-order valence-electron chi connectivity index (χ4n) is 4.02. The summed E-state index contributed by atoms with van der Waals surface area (Å²) in [6.45, 7) is 6.32. The fraction of sp³-hybridized carbons (Fsp3) is 0.963. The summed E-state index contributed by atoms with van der Waals surface area (Å²) in [6.07, 6.45) is 30.5. The largest absolute Gasteiger partial charge is 0.299 e. The standard InChI is InChI=1S/C27H54O/c1-4-5-6-7-8-9-10-11-12-13-14-15-16-17-18-19-20-21-22-23-24-25-27(28)26(2)3/h26H,4-25H2,1-3H3. The van der Waals surface area contributed by atoms with E-state index in [1.807, 2.05) is 13.8 Å². The highest BCUT2D eigenvalue weighted by atomic mass is 16.1. The van der Waals surface area contributed by atoms with Crippen LogP contribution in [-0.2, 0) is 4.79 Å². The molecule has 168 valence electrons. The smallest absolute Gasteiger partial charge is 0.135 e. The van der Waals surface area contributed by atoms with Gasteiger partial charge in [0.1, 0.15) is 5.78 Å². The Bertz CT molecular complexity index is 307. The summed E-state index contributed by atoms with van der Waals surface area (Å²) in [5.74, 6) is 0.669. The number of hydrogen-bond donors (Lipinski definition) is 0. The lowest BCUT2D eigenvalue weighted by molar-refractivity contribution is -0.122. The molecule has 0 fully saturated rings. The first kappa shape index (κ1) is 27.7. The van der Waals surface area contributed by atoms with Crippen LogP contribution in [0.2, 0.25) is 0 Å². The van der Waals surface area contributed by atoms with Crippen LogP contribution >= 0.6 is 0 Å². The second kappa shape index (κ2) is 23.0. The molecule has 0 saturated carbocycles. The van der Waals surface area contributed by atoms with Crippen LogP contribution in [0.4, 0.5) is 0 Å². The van der Waals surface area contributed by atoms with Gasteiger partial charge in [-0.3, -0.25) is 4.79 Å². The SMILES string of the molecule is CCCCCCCCCCCCCCCCCCCCCCCC(=O)C(C)C. The number of unbranched alkanes of at least 4 members (excludes halogenated alkanes) is 20. The molecule has 28 heavy (non-hydrogen) atoms. The van der Waals surface area contributed by atoms with E-state index in [1.54, 1.807) is 0 Å². The van der Waals surface area contributed by atoms with E-state index >= 15 is 0 Å². The van der Waals surface area contributed by atoms with Crippen LogP contribution in [-0.4, -0.2) is 5.78 Å². The summed E-state index contributed by atoms with van der Waals surface area (Å²) in [6, 6.07) is 0. The van der Waals surface area contributed by atoms with Crippen molar-refractivity contribution in [2.45, 2.75) is 162 Å². The fourth-order valence-corrected chi connectivity index (χ4v) is 4.02. The zero-order valence-electron chi connectivity index (χ0n) is 20.0. The minimum absolute atomic E-state index is 0.227. The molecule has 1 heteroatoms. The highest BCUT2D eigenvalue weighted by molar-refractivity contribution is 5.80. The predicted octanol–water partition coefficient (Wildman–Crippen LogP) is 9.81. The molecule has 0 radical (unpaired) electrons. The number of carbonyl (C=O) groups is 1. The van der Waals surface area contributed by atoms with Crippen LogP contribution in [0.5, 0.6) is 0 Å². The van der Waals surface area contributed by atoms with Gasteiger partial charge in [-0.25, -0.2) is 0 Å². The van der Waals surface area contributed by atoms with Crippen LogP contribution in [0.1, 0.15) is 162 Å². The maximum Gasteiger partial charge on any atom is 0.135 e. The topological polar surface area (TPSA) is 17.1 Å². The number of ketones is 1. The van der Waals surface area contributed by atoms with Crippen LogP contribution in [0.15, 0.2) is 0 Å². The molecule has 1 nitrogen and oxygen atoms in total. The lowest BCUT2D eigenvalue weighted by Gasteiger charge is -2.05. The van der Waals surface area contributed by atoms with Crippen molar-refractivity contribution in [3.8, 4) is 0 Å². The van der Waals surface area contributed by atoms with Crippen molar-refractivity contribution >= 4 is 5.78 Å². The molecule has 0 aliphatic carbocycles. The van der Waals surface area contributed by atoms with Gasteiger partial charge >= 0.3 is 0 Å².